The molecule has 0 atom stereocenters. The van der Waals surface area contributed by atoms with Crippen molar-refractivity contribution in [3.63, 3.8) is 0 Å². The number of nitriles is 1. The quantitative estimate of drug-likeness (QED) is 0.157. The number of halogens is 3. The number of rotatable bonds is 7. The van der Waals surface area contributed by atoms with Gasteiger partial charge in [0.25, 0.3) is 0 Å². The fraction of sp³-hybridized carbons (Fsp3) is 0.176. The van der Waals surface area contributed by atoms with E-state index in [1.807, 2.05) is 12.1 Å². The average Bonchev–Trinajstić information content (AvgIpc) is 3.89. The van der Waals surface area contributed by atoms with Gasteiger partial charge in [0.2, 0.25) is 0 Å². The summed E-state index contributed by atoms with van der Waals surface area (Å²) in [5.74, 6) is 0. The van der Waals surface area contributed by atoms with Crippen LogP contribution in [0.2, 0.25) is 0 Å². The van der Waals surface area contributed by atoms with Crippen LogP contribution in [0.25, 0.3) is 111 Å². The van der Waals surface area contributed by atoms with Gasteiger partial charge in [0.15, 0.2) is 0 Å². The summed E-state index contributed by atoms with van der Waals surface area (Å²) in [6, 6.07) is 56.4. The van der Waals surface area contributed by atoms with Crippen LogP contribution in [0.15, 0.2) is 158 Å². The van der Waals surface area contributed by atoms with E-state index >= 15 is 0 Å². The van der Waals surface area contributed by atoms with Crippen molar-refractivity contribution in [2.24, 2.45) is 0 Å². The summed E-state index contributed by atoms with van der Waals surface area (Å²) in [5, 5.41) is 16.2. The Kier molecular flexibility index (Phi) is 12.4. The third kappa shape index (κ3) is 8.59. The van der Waals surface area contributed by atoms with Gasteiger partial charge >= 0.3 is 6.18 Å². The minimum atomic E-state index is -4.59. The van der Waals surface area contributed by atoms with Crippen molar-refractivity contribution in [3.05, 3.63) is 236 Å². The van der Waals surface area contributed by atoms with Crippen molar-refractivity contribution in [1.29, 1.82) is 5.26 Å². The highest BCUT2D eigenvalue weighted by Crippen LogP contribution is 2.46. The van der Waals surface area contributed by atoms with Gasteiger partial charge < -0.3 is 9.13 Å². The van der Waals surface area contributed by atoms with Gasteiger partial charge in [-0.2, -0.15) is 18.4 Å². The lowest BCUT2D eigenvalue weighted by Crippen LogP contribution is -2.07. The number of alkyl halides is 3. The summed E-state index contributed by atoms with van der Waals surface area (Å²) in [7, 11) is 0. The Hall–Kier alpha value is -8.92. The van der Waals surface area contributed by atoms with Gasteiger partial charge in [-0.05, 0) is 232 Å². The molecule has 394 valence electrons. The number of hydrogen-bond donors (Lipinski definition) is 0. The first-order chi connectivity index (χ1) is 38.2. The molecule has 0 N–H and O–H groups in total. The number of benzene rings is 10. The molecule has 0 radical (unpaired) electrons. The monoisotopic (exact) mass is 1050 g/mol. The highest BCUT2D eigenvalue weighted by atomic mass is 19.4. The molecule has 0 saturated heterocycles. The maximum atomic E-state index is 14.9. The summed E-state index contributed by atoms with van der Waals surface area (Å²) in [5.41, 5.74) is 27.8. The van der Waals surface area contributed by atoms with Gasteiger partial charge in [-0.3, -0.25) is 0 Å². The van der Waals surface area contributed by atoms with E-state index in [-0.39, 0.29) is 0 Å². The molecule has 12 aromatic rings. The van der Waals surface area contributed by atoms with Crippen LogP contribution in [-0.4, -0.2) is 9.13 Å². The van der Waals surface area contributed by atoms with Gasteiger partial charge in [0.1, 0.15) is 11.6 Å². The Labute approximate surface area is 466 Å². The maximum Gasteiger partial charge on any atom is 0.416 e. The second-order valence-corrected chi connectivity index (χ2v) is 22.8. The van der Waals surface area contributed by atoms with E-state index in [0.29, 0.717) is 28.1 Å². The second kappa shape index (κ2) is 19.2. The van der Waals surface area contributed by atoms with Crippen LogP contribution in [0.3, 0.4) is 0 Å². The van der Waals surface area contributed by atoms with Crippen LogP contribution < -0.4 is 0 Å². The van der Waals surface area contributed by atoms with Crippen LogP contribution >= 0.6 is 0 Å². The van der Waals surface area contributed by atoms with Crippen molar-refractivity contribution in [2.45, 2.75) is 89.3 Å². The molecule has 0 bridgehead atoms. The molecule has 0 saturated carbocycles. The number of fused-ring (bicyclic) bond motifs is 6. The topological polar surface area (TPSA) is 33.6 Å². The third-order valence-corrected chi connectivity index (χ3v) is 16.6. The Bertz CT molecular complexity index is 4080. The van der Waals surface area contributed by atoms with Gasteiger partial charge in [-0.25, -0.2) is 0 Å². The predicted molar refractivity (Wildman–Crippen MR) is 329 cm³/mol. The summed E-state index contributed by atoms with van der Waals surface area (Å²) in [6.45, 7) is 25.7. The van der Waals surface area contributed by atoms with Crippen LogP contribution in [0.4, 0.5) is 13.2 Å². The van der Waals surface area contributed by atoms with Gasteiger partial charge in [-0.1, -0.05) is 131 Å². The number of aromatic nitrogens is 2. The number of hydrogen-bond acceptors (Lipinski definition) is 1. The molecule has 6 heteroatoms. The Morgan fingerprint density at radius 3 is 0.875 bits per heavy atom. The summed E-state index contributed by atoms with van der Waals surface area (Å²) in [6.07, 6.45) is -4.59. The van der Waals surface area contributed by atoms with Crippen molar-refractivity contribution < 1.29 is 13.2 Å². The van der Waals surface area contributed by atoms with Crippen LogP contribution in [0, 0.1) is 94.4 Å². The van der Waals surface area contributed by atoms with Crippen molar-refractivity contribution in [2.75, 3.05) is 0 Å². The lowest BCUT2D eigenvalue weighted by Gasteiger charge is -2.20. The SMILES string of the molecule is Cc1cc(C)c(-c2ccc3c4ccc(-c5c(C)cc(C)cc5C)cc4n(-c4cc(-c5cccc(C(F)(F)F)c5)cc(-n5c6cc(-c7c(C)cc(C)cc7C)ccc6c6ccc(-c7c(C)cc(C)cc7C)cc65)c4C#N)c3c2)c(C)c1. The van der Waals surface area contributed by atoms with Crippen molar-refractivity contribution >= 4 is 43.6 Å². The molecule has 80 heavy (non-hydrogen) atoms. The van der Waals surface area contributed by atoms with Gasteiger partial charge in [0.05, 0.1) is 39.0 Å². The zero-order chi connectivity index (χ0) is 56.4. The molecule has 0 aliphatic heterocycles. The molecular weight excluding hydrogens is 988 g/mol. The minimum Gasteiger partial charge on any atom is -0.308 e. The predicted octanol–water partition coefficient (Wildman–Crippen LogP) is 20.8. The third-order valence-electron chi connectivity index (χ3n) is 16.6. The smallest absolute Gasteiger partial charge is 0.308 e. The number of aryl methyl sites for hydroxylation is 12. The highest BCUT2D eigenvalue weighted by molar-refractivity contribution is 6.14. The Morgan fingerprint density at radius 1 is 0.325 bits per heavy atom. The van der Waals surface area contributed by atoms with E-state index in [4.69, 9.17) is 0 Å². The normalized spacial score (nSPS) is 11.9. The van der Waals surface area contributed by atoms with E-state index in [1.54, 1.807) is 6.07 Å². The van der Waals surface area contributed by atoms with E-state index in [0.717, 1.165) is 139 Å². The van der Waals surface area contributed by atoms with E-state index < -0.39 is 11.7 Å². The standard InChI is InChI=1S/C74H62F3N3/c1-40-24-44(5)70(45(6)25-40)53-16-20-59-60-21-17-54(71-46(7)26-41(2)27-47(71)8)34-65(60)79(64(59)33-53)68-37-57(52-14-13-15-58(32-52)74(75,76)77)38-69(63(68)39-78)80-66-35-55(72-48(9)28-42(3)29-49(72)10)18-22-61(66)62-23-19-56(36-67(62)80)73-50(11)30-43(4)31-51(73)12/h13-38H,1-12H3. The molecule has 10 aromatic carbocycles. The molecule has 12 rings (SSSR count). The fourth-order valence-electron chi connectivity index (χ4n) is 13.8. The Morgan fingerprint density at radius 2 is 0.613 bits per heavy atom. The lowest BCUT2D eigenvalue weighted by molar-refractivity contribution is -0.137. The van der Waals surface area contributed by atoms with E-state index in [2.05, 4.69) is 220 Å². The second-order valence-electron chi connectivity index (χ2n) is 22.8. The summed E-state index contributed by atoms with van der Waals surface area (Å²) < 4.78 is 49.1. The lowest BCUT2D eigenvalue weighted by atomic mass is 9.92. The Balaban J connectivity index is 1.27. The molecule has 0 aliphatic carbocycles. The first-order valence-electron chi connectivity index (χ1n) is 27.4. The first kappa shape index (κ1) is 51.8. The molecule has 2 heterocycles. The van der Waals surface area contributed by atoms with Crippen molar-refractivity contribution in [3.8, 4) is 73.1 Å². The largest absolute Gasteiger partial charge is 0.416 e. The van der Waals surface area contributed by atoms with E-state index in [1.165, 1.54) is 34.4 Å². The highest BCUT2D eigenvalue weighted by Gasteiger charge is 2.31. The van der Waals surface area contributed by atoms with Gasteiger partial charge in [-0.15, -0.1) is 0 Å². The molecule has 0 aliphatic rings. The molecule has 0 spiro atoms. The summed E-state index contributed by atoms with van der Waals surface area (Å²) in [4.78, 5) is 0. The van der Waals surface area contributed by atoms with Gasteiger partial charge in [0, 0.05) is 21.5 Å². The fourth-order valence-corrected chi connectivity index (χ4v) is 13.8. The van der Waals surface area contributed by atoms with Crippen LogP contribution in [-0.2, 0) is 6.18 Å². The van der Waals surface area contributed by atoms with E-state index in [9.17, 15) is 18.4 Å². The molecule has 0 amide bonds. The molecule has 0 unspecified atom stereocenters. The first-order valence-corrected chi connectivity index (χ1v) is 27.4. The van der Waals surface area contributed by atoms with Crippen molar-refractivity contribution in [1.82, 2.24) is 9.13 Å². The average molecular weight is 1050 g/mol. The number of nitrogens with zero attached hydrogens (tertiary/aromatic N) is 3. The molecule has 3 nitrogen and oxygen atoms in total. The molecule has 2 aromatic heterocycles. The molecule has 0 fully saturated rings. The van der Waals surface area contributed by atoms with Crippen LogP contribution in [0.1, 0.15) is 77.9 Å². The molecular formula is C74H62F3N3. The zero-order valence-electron chi connectivity index (χ0n) is 47.5. The summed E-state index contributed by atoms with van der Waals surface area (Å²) >= 11 is 0. The maximum absolute atomic E-state index is 14.9. The minimum absolute atomic E-state index is 0.376. The van der Waals surface area contributed by atoms with Crippen LogP contribution in [0.5, 0.6) is 0 Å². The zero-order valence-corrected chi connectivity index (χ0v) is 47.5.